The number of alkyl halides is 2. The minimum atomic E-state index is -3.23. The molecule has 4 rings (SSSR count). The van der Waals surface area contributed by atoms with Crippen molar-refractivity contribution in [1.82, 2.24) is 9.88 Å². The molecule has 1 saturated heterocycles. The minimum absolute atomic E-state index is 0.0389. The zero-order valence-corrected chi connectivity index (χ0v) is 18.3. The summed E-state index contributed by atoms with van der Waals surface area (Å²) in [4.78, 5) is 36.6. The smallest absolute Gasteiger partial charge is 0.290 e. The topological polar surface area (TPSA) is 65.9 Å². The van der Waals surface area contributed by atoms with Crippen LogP contribution in [0.15, 0.2) is 41.5 Å². The van der Waals surface area contributed by atoms with Gasteiger partial charge in [-0.25, -0.2) is 4.99 Å². The van der Waals surface area contributed by atoms with Crippen molar-refractivity contribution in [2.24, 2.45) is 4.99 Å². The van der Waals surface area contributed by atoms with E-state index in [0.717, 1.165) is 44.0 Å². The number of aromatic nitrogens is 1. The molecular weight excluding hydrogens is 414 g/mol. The number of benzene rings is 1. The van der Waals surface area contributed by atoms with Gasteiger partial charge in [-0.1, -0.05) is 19.1 Å². The van der Waals surface area contributed by atoms with Crippen LogP contribution in [-0.4, -0.2) is 59.3 Å². The molecule has 2 aliphatic heterocycles. The molecule has 6 nitrogen and oxygen atoms in total. The van der Waals surface area contributed by atoms with Gasteiger partial charge in [0.2, 0.25) is 0 Å². The van der Waals surface area contributed by atoms with E-state index in [9.17, 15) is 18.4 Å². The molecule has 0 radical (unpaired) electrons. The largest absolute Gasteiger partial charge is 0.368 e. The van der Waals surface area contributed by atoms with Crippen molar-refractivity contribution in [3.8, 4) is 0 Å². The van der Waals surface area contributed by atoms with Crippen molar-refractivity contribution in [2.45, 2.75) is 39.2 Å². The molecule has 3 heterocycles. The molecule has 0 unspecified atom stereocenters. The van der Waals surface area contributed by atoms with Crippen LogP contribution in [0.3, 0.4) is 0 Å². The van der Waals surface area contributed by atoms with Gasteiger partial charge in [-0.2, -0.15) is 8.78 Å². The number of Topliss-reactive ketones (excluding diaryl/α,β-unsaturated/α-hetero) is 2. The van der Waals surface area contributed by atoms with Crippen LogP contribution in [-0.2, 0) is 17.8 Å². The highest BCUT2D eigenvalue weighted by atomic mass is 19.3. The van der Waals surface area contributed by atoms with E-state index in [2.05, 4.69) is 19.8 Å². The summed E-state index contributed by atoms with van der Waals surface area (Å²) in [6.07, 6.45) is 2.16. The molecule has 168 valence electrons. The van der Waals surface area contributed by atoms with Crippen molar-refractivity contribution >= 4 is 28.7 Å². The summed E-state index contributed by atoms with van der Waals surface area (Å²) in [6.45, 7) is 6.64. The van der Waals surface area contributed by atoms with Crippen LogP contribution in [0.25, 0.3) is 0 Å². The van der Waals surface area contributed by atoms with Crippen LogP contribution < -0.4 is 4.90 Å². The Balaban J connectivity index is 1.37. The zero-order chi connectivity index (χ0) is 22.9. The summed E-state index contributed by atoms with van der Waals surface area (Å²) in [5.74, 6) is -3.80. The summed E-state index contributed by atoms with van der Waals surface area (Å²) < 4.78 is 27.2. The fourth-order valence-corrected chi connectivity index (χ4v) is 4.11. The highest BCUT2D eigenvalue weighted by Crippen LogP contribution is 2.30. The molecule has 1 fully saturated rings. The van der Waals surface area contributed by atoms with Crippen LogP contribution in [0.2, 0.25) is 0 Å². The molecule has 8 heteroatoms. The Hall–Kier alpha value is -3.00. The highest BCUT2D eigenvalue weighted by molar-refractivity contribution is 6.44. The number of halogens is 2. The van der Waals surface area contributed by atoms with Crippen LogP contribution in [0, 0.1) is 0 Å². The average molecular weight is 440 g/mol. The molecule has 0 saturated carbocycles. The van der Waals surface area contributed by atoms with Gasteiger partial charge in [0.05, 0.1) is 17.6 Å². The van der Waals surface area contributed by atoms with E-state index in [4.69, 9.17) is 0 Å². The first-order chi connectivity index (χ1) is 15.2. The second-order valence-electron chi connectivity index (χ2n) is 8.35. The molecule has 0 spiro atoms. The third kappa shape index (κ3) is 4.75. The number of hydrogen-bond donors (Lipinski definition) is 0. The molecule has 0 aliphatic carbocycles. The Morgan fingerprint density at radius 3 is 2.50 bits per heavy atom. The van der Waals surface area contributed by atoms with Gasteiger partial charge in [0.1, 0.15) is 5.69 Å². The van der Waals surface area contributed by atoms with Crippen LogP contribution in [0.1, 0.15) is 41.9 Å². The maximum atomic E-state index is 13.6. The van der Waals surface area contributed by atoms with E-state index in [0.29, 0.717) is 30.3 Å². The Labute approximate surface area is 186 Å². The summed E-state index contributed by atoms with van der Waals surface area (Å²) in [5, 5.41) is 0. The number of fused-ring (bicyclic) bond motifs is 1. The quantitative estimate of drug-likeness (QED) is 0.639. The van der Waals surface area contributed by atoms with Gasteiger partial charge >= 0.3 is 0 Å². The summed E-state index contributed by atoms with van der Waals surface area (Å²) in [6, 6.07) is 9.25. The van der Waals surface area contributed by atoms with Gasteiger partial charge in [-0.15, -0.1) is 0 Å². The second-order valence-corrected chi connectivity index (χ2v) is 8.35. The lowest BCUT2D eigenvalue weighted by atomic mass is 9.96. The predicted molar refractivity (Wildman–Crippen MR) is 119 cm³/mol. The number of carbonyl (C=O) groups excluding carboxylic acids is 2. The molecule has 0 N–H and O–H groups in total. The van der Waals surface area contributed by atoms with E-state index in [1.54, 1.807) is 18.3 Å². The SMILES string of the molecule is CCC(=O)c1ccc(N2CCN(Cc3ccc4c(c3)CC(=O)C(C(C)(F)F)=N4)CC2)cn1. The fraction of sp³-hybridized carbons (Fsp3) is 0.417. The summed E-state index contributed by atoms with van der Waals surface area (Å²) >= 11 is 0. The van der Waals surface area contributed by atoms with Crippen molar-refractivity contribution < 1.29 is 18.4 Å². The number of anilines is 1. The maximum Gasteiger partial charge on any atom is 0.290 e. The van der Waals surface area contributed by atoms with Gasteiger partial charge in [0.15, 0.2) is 17.3 Å². The zero-order valence-electron chi connectivity index (χ0n) is 18.3. The maximum absolute atomic E-state index is 13.6. The lowest BCUT2D eigenvalue weighted by molar-refractivity contribution is -0.113. The van der Waals surface area contributed by atoms with Gasteiger partial charge in [-0.05, 0) is 29.3 Å². The lowest BCUT2D eigenvalue weighted by Crippen LogP contribution is -2.46. The molecule has 0 atom stereocenters. The summed E-state index contributed by atoms with van der Waals surface area (Å²) in [7, 11) is 0. The number of aliphatic imine (C=N–C) groups is 1. The van der Waals surface area contributed by atoms with Gasteiger partial charge in [0.25, 0.3) is 5.92 Å². The fourth-order valence-electron chi connectivity index (χ4n) is 4.11. The number of ketones is 2. The molecule has 0 bridgehead atoms. The van der Waals surface area contributed by atoms with Crippen molar-refractivity contribution in [2.75, 3.05) is 31.1 Å². The monoisotopic (exact) mass is 440 g/mol. The standard InChI is InChI=1S/C24H26F2N4O2/c1-3-21(31)20-7-5-18(14-27-20)30-10-8-29(9-11-30)15-16-4-6-19-17(12-16)13-22(32)23(28-19)24(2,25)26/h4-7,12,14H,3,8-11,13,15H2,1-2H3. The van der Waals surface area contributed by atoms with Crippen LogP contribution in [0.4, 0.5) is 20.2 Å². The van der Waals surface area contributed by atoms with Gasteiger partial charge < -0.3 is 4.90 Å². The first-order valence-electron chi connectivity index (χ1n) is 10.8. The normalized spacial score (nSPS) is 17.2. The van der Waals surface area contributed by atoms with Gasteiger partial charge in [0, 0.05) is 52.5 Å². The third-order valence-electron chi connectivity index (χ3n) is 5.91. The van der Waals surface area contributed by atoms with E-state index in [1.165, 1.54) is 0 Å². The third-order valence-corrected chi connectivity index (χ3v) is 5.91. The van der Waals surface area contributed by atoms with Crippen LogP contribution >= 0.6 is 0 Å². The summed E-state index contributed by atoms with van der Waals surface area (Å²) in [5.41, 5.74) is 3.04. The predicted octanol–water partition coefficient (Wildman–Crippen LogP) is 3.85. The van der Waals surface area contributed by atoms with E-state index < -0.39 is 17.4 Å². The number of rotatable bonds is 6. The Bertz CT molecular complexity index is 1050. The van der Waals surface area contributed by atoms with Crippen LogP contribution in [0.5, 0.6) is 0 Å². The molecule has 1 aromatic heterocycles. The average Bonchev–Trinajstić information content (AvgIpc) is 2.78. The molecule has 2 aromatic rings. The molecule has 1 aromatic carbocycles. The van der Waals surface area contributed by atoms with E-state index in [-0.39, 0.29) is 12.2 Å². The molecule has 0 amide bonds. The second kappa shape index (κ2) is 8.86. The van der Waals surface area contributed by atoms with Crippen molar-refractivity contribution in [1.29, 1.82) is 0 Å². The van der Waals surface area contributed by atoms with E-state index in [1.807, 2.05) is 25.1 Å². The first-order valence-corrected chi connectivity index (χ1v) is 10.8. The first kappa shape index (κ1) is 22.2. The van der Waals surface area contributed by atoms with E-state index >= 15 is 0 Å². The highest BCUT2D eigenvalue weighted by Gasteiger charge is 2.37. The molecule has 32 heavy (non-hydrogen) atoms. The van der Waals surface area contributed by atoms with Crippen molar-refractivity contribution in [3.63, 3.8) is 0 Å². The van der Waals surface area contributed by atoms with Crippen molar-refractivity contribution in [3.05, 3.63) is 53.3 Å². The number of nitrogens with zero attached hydrogens (tertiary/aromatic N) is 4. The lowest BCUT2D eigenvalue weighted by Gasteiger charge is -2.36. The Morgan fingerprint density at radius 2 is 1.88 bits per heavy atom. The number of carbonyl (C=O) groups is 2. The number of hydrogen-bond acceptors (Lipinski definition) is 6. The Morgan fingerprint density at radius 1 is 1.12 bits per heavy atom. The number of pyridine rings is 1. The number of piperazine rings is 1. The van der Waals surface area contributed by atoms with Gasteiger partial charge in [-0.3, -0.25) is 19.5 Å². The minimum Gasteiger partial charge on any atom is -0.368 e. The molecule has 2 aliphatic rings. The molecular formula is C24H26F2N4O2. The Kier molecular flexibility index (Phi) is 6.15.